The molecule has 0 aliphatic carbocycles. The SMILES string of the molecule is CC(Nc1cnc(-c2ccccc2)n(CC(=O)O)c1=O)c1ccc(Oc2ccccc2)cc1. The molecule has 0 fully saturated rings. The molecule has 7 heteroatoms. The zero-order valence-electron chi connectivity index (χ0n) is 18.0. The molecule has 0 saturated heterocycles. The van der Waals surface area contributed by atoms with E-state index in [1.165, 1.54) is 10.8 Å². The molecule has 4 aromatic rings. The maximum Gasteiger partial charge on any atom is 0.323 e. The van der Waals surface area contributed by atoms with Gasteiger partial charge < -0.3 is 15.2 Å². The molecular weight excluding hydrogens is 418 g/mol. The van der Waals surface area contributed by atoms with E-state index in [0.29, 0.717) is 17.1 Å². The highest BCUT2D eigenvalue weighted by atomic mass is 16.5. The van der Waals surface area contributed by atoms with Crippen molar-refractivity contribution >= 4 is 11.7 Å². The third kappa shape index (κ3) is 5.27. The van der Waals surface area contributed by atoms with Gasteiger partial charge in [-0.3, -0.25) is 14.2 Å². The molecule has 4 rings (SSSR count). The van der Waals surface area contributed by atoms with Gasteiger partial charge in [0.15, 0.2) is 0 Å². The number of para-hydroxylation sites is 1. The van der Waals surface area contributed by atoms with E-state index in [1.54, 1.807) is 12.1 Å². The van der Waals surface area contributed by atoms with Crippen molar-refractivity contribution in [1.29, 1.82) is 0 Å². The number of carboxylic acids is 1. The fourth-order valence-electron chi connectivity index (χ4n) is 3.46. The number of nitrogens with one attached hydrogen (secondary N) is 1. The molecular formula is C26H23N3O4. The Morgan fingerprint density at radius 2 is 1.58 bits per heavy atom. The van der Waals surface area contributed by atoms with E-state index in [1.807, 2.05) is 79.7 Å². The highest BCUT2D eigenvalue weighted by Gasteiger charge is 2.16. The van der Waals surface area contributed by atoms with Crippen LogP contribution in [0.4, 0.5) is 5.69 Å². The first-order valence-corrected chi connectivity index (χ1v) is 10.5. The van der Waals surface area contributed by atoms with Gasteiger partial charge in [-0.2, -0.15) is 0 Å². The smallest absolute Gasteiger partial charge is 0.323 e. The van der Waals surface area contributed by atoms with Gasteiger partial charge in [0.2, 0.25) is 0 Å². The van der Waals surface area contributed by atoms with Crippen LogP contribution in [0.15, 0.2) is 95.9 Å². The van der Waals surface area contributed by atoms with Gasteiger partial charge in [-0.25, -0.2) is 4.98 Å². The second-order valence-electron chi connectivity index (χ2n) is 7.50. The number of nitrogens with zero attached hydrogens (tertiary/aromatic N) is 2. The predicted octanol–water partition coefficient (Wildman–Crippen LogP) is 4.96. The van der Waals surface area contributed by atoms with E-state index in [0.717, 1.165) is 11.3 Å². The maximum atomic E-state index is 13.1. The number of ether oxygens (including phenoxy) is 1. The van der Waals surface area contributed by atoms with Crippen molar-refractivity contribution in [3.05, 3.63) is 107 Å². The van der Waals surface area contributed by atoms with Gasteiger partial charge in [-0.1, -0.05) is 60.7 Å². The Kier molecular flexibility index (Phi) is 6.50. The lowest BCUT2D eigenvalue weighted by molar-refractivity contribution is -0.137. The van der Waals surface area contributed by atoms with Crippen molar-refractivity contribution < 1.29 is 14.6 Å². The van der Waals surface area contributed by atoms with Crippen LogP contribution in [0, 0.1) is 0 Å². The van der Waals surface area contributed by atoms with Crippen LogP contribution in [0.3, 0.4) is 0 Å². The zero-order valence-corrected chi connectivity index (χ0v) is 18.0. The maximum absolute atomic E-state index is 13.1. The first-order chi connectivity index (χ1) is 16.0. The van der Waals surface area contributed by atoms with E-state index in [2.05, 4.69) is 10.3 Å². The van der Waals surface area contributed by atoms with E-state index in [9.17, 15) is 14.7 Å². The summed E-state index contributed by atoms with van der Waals surface area (Å²) >= 11 is 0. The number of carbonyl (C=O) groups is 1. The van der Waals surface area contributed by atoms with Gasteiger partial charge in [0.25, 0.3) is 5.56 Å². The molecule has 33 heavy (non-hydrogen) atoms. The normalized spacial score (nSPS) is 11.5. The third-order valence-corrected chi connectivity index (χ3v) is 5.10. The number of hydrogen-bond donors (Lipinski definition) is 2. The molecule has 3 aromatic carbocycles. The van der Waals surface area contributed by atoms with E-state index >= 15 is 0 Å². The third-order valence-electron chi connectivity index (χ3n) is 5.10. The Labute approximate surface area is 190 Å². The Morgan fingerprint density at radius 1 is 0.970 bits per heavy atom. The monoisotopic (exact) mass is 441 g/mol. The first-order valence-electron chi connectivity index (χ1n) is 10.5. The molecule has 166 valence electrons. The molecule has 1 heterocycles. The van der Waals surface area contributed by atoms with Gasteiger partial charge in [-0.05, 0) is 36.8 Å². The molecule has 0 radical (unpaired) electrons. The van der Waals surface area contributed by atoms with Crippen LogP contribution < -0.4 is 15.6 Å². The molecule has 1 aromatic heterocycles. The van der Waals surface area contributed by atoms with Gasteiger partial charge in [-0.15, -0.1) is 0 Å². The highest BCUT2D eigenvalue weighted by Crippen LogP contribution is 2.25. The van der Waals surface area contributed by atoms with E-state index in [-0.39, 0.29) is 11.7 Å². The molecule has 0 aliphatic rings. The number of rotatable bonds is 8. The van der Waals surface area contributed by atoms with Crippen LogP contribution >= 0.6 is 0 Å². The van der Waals surface area contributed by atoms with Crippen LogP contribution in [-0.2, 0) is 11.3 Å². The predicted molar refractivity (Wildman–Crippen MR) is 127 cm³/mol. The van der Waals surface area contributed by atoms with Crippen molar-refractivity contribution in [3.63, 3.8) is 0 Å². The van der Waals surface area contributed by atoms with Crippen LogP contribution in [0.2, 0.25) is 0 Å². The average molecular weight is 441 g/mol. The largest absolute Gasteiger partial charge is 0.480 e. The summed E-state index contributed by atoms with van der Waals surface area (Å²) in [5.74, 6) is 0.647. The zero-order chi connectivity index (χ0) is 23.2. The minimum Gasteiger partial charge on any atom is -0.480 e. The lowest BCUT2D eigenvalue weighted by atomic mass is 10.1. The van der Waals surface area contributed by atoms with Crippen LogP contribution in [-0.4, -0.2) is 20.6 Å². The van der Waals surface area contributed by atoms with E-state index < -0.39 is 18.1 Å². The summed E-state index contributed by atoms with van der Waals surface area (Å²) in [6.07, 6.45) is 1.45. The molecule has 7 nitrogen and oxygen atoms in total. The number of benzene rings is 3. The summed E-state index contributed by atoms with van der Waals surface area (Å²) in [6.45, 7) is 1.44. The summed E-state index contributed by atoms with van der Waals surface area (Å²) < 4.78 is 6.99. The number of carboxylic acid groups (broad SMARTS) is 1. The summed E-state index contributed by atoms with van der Waals surface area (Å²) in [7, 11) is 0. The molecule has 1 unspecified atom stereocenters. The highest BCUT2D eigenvalue weighted by molar-refractivity contribution is 5.68. The molecule has 0 amide bonds. The molecule has 0 saturated carbocycles. The van der Waals surface area contributed by atoms with Crippen LogP contribution in [0.5, 0.6) is 11.5 Å². The molecule has 0 bridgehead atoms. The fraction of sp³-hybridized carbons (Fsp3) is 0.115. The Hall–Kier alpha value is -4.39. The Balaban J connectivity index is 1.55. The van der Waals surface area contributed by atoms with Crippen molar-refractivity contribution in [2.24, 2.45) is 0 Å². The standard InChI is InChI=1S/C26H23N3O4/c1-18(19-12-14-22(15-13-19)33-21-10-6-3-7-11-21)28-23-16-27-25(20-8-4-2-5-9-20)29(26(23)32)17-24(30)31/h2-16,18,28H,17H2,1H3,(H,30,31). The quantitative estimate of drug-likeness (QED) is 0.401. The van der Waals surface area contributed by atoms with Crippen molar-refractivity contribution in [2.45, 2.75) is 19.5 Å². The van der Waals surface area contributed by atoms with Gasteiger partial charge in [0, 0.05) is 11.6 Å². The Morgan fingerprint density at radius 3 is 2.21 bits per heavy atom. The number of anilines is 1. The van der Waals surface area contributed by atoms with Crippen LogP contribution in [0.25, 0.3) is 11.4 Å². The lowest BCUT2D eigenvalue weighted by Crippen LogP contribution is -2.29. The lowest BCUT2D eigenvalue weighted by Gasteiger charge is -2.18. The molecule has 2 N–H and O–H groups in total. The number of aliphatic carboxylic acids is 1. The van der Waals surface area contributed by atoms with Crippen LogP contribution in [0.1, 0.15) is 18.5 Å². The van der Waals surface area contributed by atoms with Crippen molar-refractivity contribution in [2.75, 3.05) is 5.32 Å². The summed E-state index contributed by atoms with van der Waals surface area (Å²) in [5, 5.41) is 12.5. The molecule has 0 aliphatic heterocycles. The first kappa shape index (κ1) is 21.8. The second kappa shape index (κ2) is 9.82. The van der Waals surface area contributed by atoms with Gasteiger partial charge in [0.05, 0.1) is 6.20 Å². The minimum atomic E-state index is -1.12. The molecule has 1 atom stereocenters. The fourth-order valence-corrected chi connectivity index (χ4v) is 3.46. The average Bonchev–Trinajstić information content (AvgIpc) is 2.83. The molecule has 0 spiro atoms. The number of aromatic nitrogens is 2. The van der Waals surface area contributed by atoms with Gasteiger partial charge >= 0.3 is 5.97 Å². The van der Waals surface area contributed by atoms with Crippen molar-refractivity contribution in [3.8, 4) is 22.9 Å². The summed E-state index contributed by atoms with van der Waals surface area (Å²) in [4.78, 5) is 28.9. The number of hydrogen-bond acceptors (Lipinski definition) is 5. The second-order valence-corrected chi connectivity index (χ2v) is 7.50. The minimum absolute atomic E-state index is 0.217. The summed E-state index contributed by atoms with van der Waals surface area (Å²) in [5.41, 5.74) is 1.39. The summed E-state index contributed by atoms with van der Waals surface area (Å²) in [6, 6.07) is 25.9. The van der Waals surface area contributed by atoms with Gasteiger partial charge in [0.1, 0.15) is 29.6 Å². The Bertz CT molecular complexity index is 1290. The van der Waals surface area contributed by atoms with E-state index in [4.69, 9.17) is 4.74 Å². The topological polar surface area (TPSA) is 93.5 Å². The van der Waals surface area contributed by atoms with Crippen molar-refractivity contribution in [1.82, 2.24) is 9.55 Å².